The molecule has 0 radical (unpaired) electrons. The van der Waals surface area contributed by atoms with Gasteiger partial charge in [-0.15, -0.1) is 23.1 Å². The van der Waals surface area contributed by atoms with Crippen LogP contribution in [0, 0.1) is 0 Å². The van der Waals surface area contributed by atoms with E-state index in [9.17, 15) is 4.79 Å². The number of carbonyl (C=O) groups excluding carboxylic acids is 1. The van der Waals surface area contributed by atoms with E-state index in [0.717, 1.165) is 9.77 Å². The standard InChI is InChI=1S/C16H19NO3S2/c1-21-14-6-3-2-5-12(14)16(19)17-11-13(20-9-8-18)15-7-4-10-22-15/h2-7,10,13,18H,8-9,11H2,1H3,(H,17,19)/t13-/m1/s1. The quantitative estimate of drug-likeness (QED) is 0.727. The minimum atomic E-state index is -0.238. The maximum atomic E-state index is 12.3. The van der Waals surface area contributed by atoms with Gasteiger partial charge in [-0.2, -0.15) is 0 Å². The molecule has 0 saturated carbocycles. The molecule has 0 fully saturated rings. The van der Waals surface area contributed by atoms with Crippen molar-refractivity contribution in [2.75, 3.05) is 26.0 Å². The van der Waals surface area contributed by atoms with Crippen LogP contribution in [0.5, 0.6) is 0 Å². The summed E-state index contributed by atoms with van der Waals surface area (Å²) >= 11 is 3.12. The molecule has 0 unspecified atom stereocenters. The third kappa shape index (κ3) is 4.58. The van der Waals surface area contributed by atoms with Gasteiger partial charge < -0.3 is 15.2 Å². The molecule has 1 aromatic carbocycles. The van der Waals surface area contributed by atoms with Gasteiger partial charge >= 0.3 is 0 Å². The number of hydrogen-bond donors (Lipinski definition) is 2. The lowest BCUT2D eigenvalue weighted by atomic mass is 10.2. The van der Waals surface area contributed by atoms with Crippen molar-refractivity contribution in [3.63, 3.8) is 0 Å². The summed E-state index contributed by atoms with van der Waals surface area (Å²) < 4.78 is 5.62. The number of carbonyl (C=O) groups is 1. The lowest BCUT2D eigenvalue weighted by molar-refractivity contribution is 0.0295. The maximum Gasteiger partial charge on any atom is 0.252 e. The van der Waals surface area contributed by atoms with Crippen LogP contribution < -0.4 is 5.32 Å². The molecule has 1 amide bonds. The van der Waals surface area contributed by atoms with Crippen molar-refractivity contribution >= 4 is 29.0 Å². The van der Waals surface area contributed by atoms with E-state index in [4.69, 9.17) is 9.84 Å². The Morgan fingerprint density at radius 2 is 2.18 bits per heavy atom. The Hall–Kier alpha value is -1.34. The van der Waals surface area contributed by atoms with Gasteiger partial charge in [-0.3, -0.25) is 4.79 Å². The first kappa shape index (κ1) is 17.0. The second-order valence-corrected chi connectivity index (χ2v) is 6.34. The van der Waals surface area contributed by atoms with E-state index in [1.54, 1.807) is 23.1 Å². The fourth-order valence-electron chi connectivity index (χ4n) is 2.02. The van der Waals surface area contributed by atoms with E-state index in [1.165, 1.54) is 0 Å². The summed E-state index contributed by atoms with van der Waals surface area (Å²) in [5.74, 6) is -0.112. The van der Waals surface area contributed by atoms with Crippen molar-refractivity contribution in [3.8, 4) is 0 Å². The molecule has 0 aliphatic heterocycles. The van der Waals surface area contributed by atoms with Crippen LogP contribution in [-0.4, -0.2) is 37.0 Å². The SMILES string of the molecule is CSc1ccccc1C(=O)NC[C@@H](OCCO)c1cccs1. The maximum absolute atomic E-state index is 12.3. The van der Waals surface area contributed by atoms with Crippen LogP contribution in [0.1, 0.15) is 21.3 Å². The zero-order valence-electron chi connectivity index (χ0n) is 12.3. The highest BCUT2D eigenvalue weighted by Crippen LogP contribution is 2.23. The van der Waals surface area contributed by atoms with Crippen LogP contribution in [0.3, 0.4) is 0 Å². The highest BCUT2D eigenvalue weighted by molar-refractivity contribution is 7.98. The zero-order valence-corrected chi connectivity index (χ0v) is 14.0. The molecule has 2 rings (SSSR count). The number of aliphatic hydroxyl groups is 1. The molecule has 118 valence electrons. The van der Waals surface area contributed by atoms with E-state index >= 15 is 0 Å². The topological polar surface area (TPSA) is 58.6 Å². The first-order valence-corrected chi connectivity index (χ1v) is 9.03. The molecule has 2 N–H and O–H groups in total. The molecule has 1 heterocycles. The number of amides is 1. The Bertz CT molecular complexity index is 587. The van der Waals surface area contributed by atoms with Crippen molar-refractivity contribution < 1.29 is 14.6 Å². The van der Waals surface area contributed by atoms with Crippen LogP contribution in [-0.2, 0) is 4.74 Å². The number of thioether (sulfide) groups is 1. The van der Waals surface area contributed by atoms with Gasteiger partial charge in [0.2, 0.25) is 0 Å². The smallest absolute Gasteiger partial charge is 0.252 e. The summed E-state index contributed by atoms with van der Waals surface area (Å²) in [6.45, 7) is 0.590. The van der Waals surface area contributed by atoms with Crippen molar-refractivity contribution in [2.45, 2.75) is 11.0 Å². The Morgan fingerprint density at radius 1 is 1.36 bits per heavy atom. The molecule has 4 nitrogen and oxygen atoms in total. The fourth-order valence-corrected chi connectivity index (χ4v) is 3.39. The summed E-state index contributed by atoms with van der Waals surface area (Å²) in [4.78, 5) is 14.3. The van der Waals surface area contributed by atoms with E-state index in [0.29, 0.717) is 12.1 Å². The predicted molar refractivity (Wildman–Crippen MR) is 90.7 cm³/mol. The first-order valence-electron chi connectivity index (χ1n) is 6.93. The monoisotopic (exact) mass is 337 g/mol. The number of ether oxygens (including phenoxy) is 1. The summed E-state index contributed by atoms with van der Waals surface area (Å²) in [6.07, 6.45) is 1.71. The molecule has 6 heteroatoms. The van der Waals surface area contributed by atoms with Gasteiger partial charge in [-0.25, -0.2) is 0 Å². The Kier molecular flexibility index (Phi) is 6.92. The van der Waals surface area contributed by atoms with Crippen molar-refractivity contribution in [1.82, 2.24) is 5.32 Å². The Labute approximate surface area is 138 Å². The second-order valence-electron chi connectivity index (χ2n) is 4.51. The van der Waals surface area contributed by atoms with Crippen molar-refractivity contribution in [2.24, 2.45) is 0 Å². The van der Waals surface area contributed by atoms with E-state index < -0.39 is 0 Å². The molecular weight excluding hydrogens is 318 g/mol. The van der Waals surface area contributed by atoms with E-state index in [-0.39, 0.29) is 25.2 Å². The molecule has 1 atom stereocenters. The average molecular weight is 337 g/mol. The number of aliphatic hydroxyl groups excluding tert-OH is 1. The van der Waals surface area contributed by atoms with Gasteiger partial charge in [0.15, 0.2) is 0 Å². The lowest BCUT2D eigenvalue weighted by Gasteiger charge is -2.17. The molecule has 0 aliphatic carbocycles. The molecule has 22 heavy (non-hydrogen) atoms. The predicted octanol–water partition coefficient (Wildman–Crippen LogP) is 2.95. The molecule has 0 bridgehead atoms. The van der Waals surface area contributed by atoms with Crippen LogP contribution >= 0.6 is 23.1 Å². The van der Waals surface area contributed by atoms with Gasteiger partial charge in [-0.05, 0) is 29.8 Å². The molecule has 0 spiro atoms. The van der Waals surface area contributed by atoms with E-state index in [2.05, 4.69) is 5.32 Å². The third-order valence-electron chi connectivity index (χ3n) is 3.07. The lowest BCUT2D eigenvalue weighted by Crippen LogP contribution is -2.30. The Balaban J connectivity index is 2.01. The molecule has 1 aromatic heterocycles. The second kappa shape index (κ2) is 8.95. The largest absolute Gasteiger partial charge is 0.394 e. The van der Waals surface area contributed by atoms with Gasteiger partial charge in [0, 0.05) is 16.3 Å². The van der Waals surface area contributed by atoms with Crippen LogP contribution in [0.15, 0.2) is 46.7 Å². The van der Waals surface area contributed by atoms with Crippen LogP contribution in [0.25, 0.3) is 0 Å². The van der Waals surface area contributed by atoms with Crippen molar-refractivity contribution in [1.29, 1.82) is 0 Å². The third-order valence-corrected chi connectivity index (χ3v) is 4.83. The number of benzene rings is 1. The molecule has 0 aliphatic rings. The highest BCUT2D eigenvalue weighted by Gasteiger charge is 2.16. The first-order chi connectivity index (χ1) is 10.8. The van der Waals surface area contributed by atoms with E-state index in [1.807, 2.05) is 48.0 Å². The minimum Gasteiger partial charge on any atom is -0.394 e. The zero-order chi connectivity index (χ0) is 15.8. The number of nitrogens with one attached hydrogen (secondary N) is 1. The van der Waals surface area contributed by atoms with Gasteiger partial charge in [-0.1, -0.05) is 18.2 Å². The number of hydrogen-bond acceptors (Lipinski definition) is 5. The molecular formula is C16H19NO3S2. The number of thiophene rings is 1. The summed E-state index contributed by atoms with van der Waals surface area (Å²) in [5, 5.41) is 13.8. The average Bonchev–Trinajstić information content (AvgIpc) is 3.09. The highest BCUT2D eigenvalue weighted by atomic mass is 32.2. The summed E-state index contributed by atoms with van der Waals surface area (Å²) in [6, 6.07) is 11.4. The molecule has 0 saturated heterocycles. The van der Waals surface area contributed by atoms with Crippen molar-refractivity contribution in [3.05, 3.63) is 52.2 Å². The molecule has 2 aromatic rings. The summed E-state index contributed by atoms with van der Waals surface area (Å²) in [5.41, 5.74) is 0.669. The van der Waals surface area contributed by atoms with Crippen LogP contribution in [0.2, 0.25) is 0 Å². The van der Waals surface area contributed by atoms with Crippen LogP contribution in [0.4, 0.5) is 0 Å². The number of rotatable bonds is 8. The minimum absolute atomic E-state index is 0.0366. The fraction of sp³-hybridized carbons (Fsp3) is 0.312. The van der Waals surface area contributed by atoms with Gasteiger partial charge in [0.05, 0.1) is 18.8 Å². The summed E-state index contributed by atoms with van der Waals surface area (Å²) in [7, 11) is 0. The normalized spacial score (nSPS) is 12.1. The van der Waals surface area contributed by atoms with Gasteiger partial charge in [0.25, 0.3) is 5.91 Å². The van der Waals surface area contributed by atoms with Gasteiger partial charge in [0.1, 0.15) is 6.10 Å². The Morgan fingerprint density at radius 3 is 2.86 bits per heavy atom.